The van der Waals surface area contributed by atoms with E-state index in [0.29, 0.717) is 11.6 Å². The molecule has 3 nitrogen and oxygen atoms in total. The molecule has 0 aliphatic heterocycles. The predicted octanol–water partition coefficient (Wildman–Crippen LogP) is 3.27. The van der Waals surface area contributed by atoms with Gasteiger partial charge in [-0.25, -0.2) is 4.79 Å². The molecule has 0 aromatic heterocycles. The second kappa shape index (κ2) is 5.00. The number of anilines is 1. The standard InChI is InChI=1S/C17H17NO2/c1-11-8-14(6-7-16(11)17(19)20)18-15-9-12-4-2-3-5-13(12)10-15/h2-8,15,18H,9-10H2,1H3,(H,19,20). The van der Waals surface area contributed by atoms with Gasteiger partial charge in [-0.1, -0.05) is 24.3 Å². The largest absolute Gasteiger partial charge is 0.478 e. The lowest BCUT2D eigenvalue weighted by Crippen LogP contribution is -2.19. The monoisotopic (exact) mass is 267 g/mol. The van der Waals surface area contributed by atoms with Crippen LogP contribution in [-0.2, 0) is 12.8 Å². The number of carboxylic acids is 1. The first-order chi connectivity index (χ1) is 9.63. The Morgan fingerprint density at radius 2 is 1.80 bits per heavy atom. The lowest BCUT2D eigenvalue weighted by Gasteiger charge is -2.14. The summed E-state index contributed by atoms with van der Waals surface area (Å²) in [6.07, 6.45) is 2.05. The molecule has 20 heavy (non-hydrogen) atoms. The molecule has 1 aliphatic carbocycles. The number of nitrogens with one attached hydrogen (secondary N) is 1. The summed E-state index contributed by atoms with van der Waals surface area (Å²) in [7, 11) is 0. The summed E-state index contributed by atoms with van der Waals surface area (Å²) in [6, 6.07) is 14.3. The Morgan fingerprint density at radius 1 is 1.15 bits per heavy atom. The second-order valence-electron chi connectivity index (χ2n) is 5.35. The van der Waals surface area contributed by atoms with Crippen LogP contribution in [-0.4, -0.2) is 17.1 Å². The summed E-state index contributed by atoms with van der Waals surface area (Å²) >= 11 is 0. The van der Waals surface area contributed by atoms with Crippen LogP contribution >= 0.6 is 0 Å². The van der Waals surface area contributed by atoms with Crippen molar-refractivity contribution in [2.75, 3.05) is 5.32 Å². The van der Waals surface area contributed by atoms with Crippen LogP contribution in [0.25, 0.3) is 0 Å². The number of carboxylic acid groups (broad SMARTS) is 1. The molecule has 0 spiro atoms. The Kier molecular flexibility index (Phi) is 3.18. The first-order valence-electron chi connectivity index (χ1n) is 6.81. The summed E-state index contributed by atoms with van der Waals surface area (Å²) < 4.78 is 0. The quantitative estimate of drug-likeness (QED) is 0.897. The Labute approximate surface area is 118 Å². The van der Waals surface area contributed by atoms with Gasteiger partial charge in [0.1, 0.15) is 0 Å². The Balaban J connectivity index is 1.74. The van der Waals surface area contributed by atoms with E-state index in [2.05, 4.69) is 29.6 Å². The number of hydrogen-bond acceptors (Lipinski definition) is 2. The number of carbonyl (C=O) groups is 1. The SMILES string of the molecule is Cc1cc(NC2Cc3ccccc3C2)ccc1C(=O)O. The molecule has 2 aromatic rings. The third-order valence-corrected chi connectivity index (χ3v) is 3.88. The number of hydrogen-bond donors (Lipinski definition) is 2. The van der Waals surface area contributed by atoms with Gasteiger partial charge < -0.3 is 10.4 Å². The van der Waals surface area contributed by atoms with Crippen LogP contribution in [0.5, 0.6) is 0 Å². The van der Waals surface area contributed by atoms with Gasteiger partial charge in [-0.2, -0.15) is 0 Å². The van der Waals surface area contributed by atoms with Gasteiger partial charge in [0.2, 0.25) is 0 Å². The Morgan fingerprint density at radius 3 is 2.35 bits per heavy atom. The van der Waals surface area contributed by atoms with Crippen molar-refractivity contribution in [1.29, 1.82) is 0 Å². The van der Waals surface area contributed by atoms with E-state index in [9.17, 15) is 4.79 Å². The summed E-state index contributed by atoms with van der Waals surface area (Å²) in [4.78, 5) is 11.0. The topological polar surface area (TPSA) is 49.3 Å². The number of aryl methyl sites for hydroxylation is 1. The summed E-state index contributed by atoms with van der Waals surface area (Å²) in [5, 5.41) is 12.5. The van der Waals surface area contributed by atoms with E-state index in [-0.39, 0.29) is 0 Å². The van der Waals surface area contributed by atoms with Gasteiger partial charge in [0, 0.05) is 11.7 Å². The number of rotatable bonds is 3. The first-order valence-corrected chi connectivity index (χ1v) is 6.81. The van der Waals surface area contributed by atoms with E-state index in [1.54, 1.807) is 6.07 Å². The molecule has 3 heteroatoms. The number of fused-ring (bicyclic) bond motifs is 1. The molecule has 1 aliphatic rings. The Bertz CT molecular complexity index is 639. The highest BCUT2D eigenvalue weighted by atomic mass is 16.4. The van der Waals surface area contributed by atoms with E-state index >= 15 is 0 Å². The minimum absolute atomic E-state index is 0.366. The lowest BCUT2D eigenvalue weighted by atomic mass is 10.1. The van der Waals surface area contributed by atoms with Crippen molar-refractivity contribution in [2.24, 2.45) is 0 Å². The fourth-order valence-electron chi connectivity index (χ4n) is 2.89. The van der Waals surface area contributed by atoms with Crippen LogP contribution < -0.4 is 5.32 Å². The second-order valence-corrected chi connectivity index (χ2v) is 5.35. The lowest BCUT2D eigenvalue weighted by molar-refractivity contribution is 0.0696. The van der Waals surface area contributed by atoms with Gasteiger partial charge in [-0.15, -0.1) is 0 Å². The van der Waals surface area contributed by atoms with E-state index in [1.807, 2.05) is 19.1 Å². The van der Waals surface area contributed by atoms with Gasteiger partial charge in [-0.3, -0.25) is 0 Å². The normalized spacial score (nSPS) is 14.1. The van der Waals surface area contributed by atoms with Crippen LogP contribution in [0.1, 0.15) is 27.0 Å². The molecular formula is C17H17NO2. The van der Waals surface area contributed by atoms with Crippen LogP contribution in [0, 0.1) is 6.92 Å². The summed E-state index contributed by atoms with van der Waals surface area (Å²) in [5.74, 6) is -0.873. The zero-order valence-corrected chi connectivity index (χ0v) is 11.4. The van der Waals surface area contributed by atoms with E-state index in [1.165, 1.54) is 11.1 Å². The van der Waals surface area contributed by atoms with Gasteiger partial charge >= 0.3 is 5.97 Å². The molecular weight excluding hydrogens is 250 g/mol. The summed E-state index contributed by atoms with van der Waals surface area (Å²) in [5.41, 5.74) is 4.96. The first kappa shape index (κ1) is 12.7. The maximum absolute atomic E-state index is 11.0. The zero-order chi connectivity index (χ0) is 14.1. The van der Waals surface area contributed by atoms with Gasteiger partial charge in [0.05, 0.1) is 5.56 Å². The average Bonchev–Trinajstić information content (AvgIpc) is 2.80. The van der Waals surface area contributed by atoms with E-state index < -0.39 is 5.97 Å². The molecule has 0 amide bonds. The van der Waals surface area contributed by atoms with Gasteiger partial charge in [0.15, 0.2) is 0 Å². The van der Waals surface area contributed by atoms with Gasteiger partial charge in [0.25, 0.3) is 0 Å². The molecule has 0 heterocycles. The van der Waals surface area contributed by atoms with Crippen LogP contribution in [0.4, 0.5) is 5.69 Å². The highest BCUT2D eigenvalue weighted by Gasteiger charge is 2.20. The molecule has 0 saturated carbocycles. The molecule has 102 valence electrons. The van der Waals surface area contributed by atoms with Crippen molar-refractivity contribution >= 4 is 11.7 Å². The van der Waals surface area contributed by atoms with Crippen LogP contribution in [0.15, 0.2) is 42.5 Å². The highest BCUT2D eigenvalue weighted by molar-refractivity contribution is 5.89. The molecule has 2 N–H and O–H groups in total. The smallest absolute Gasteiger partial charge is 0.335 e. The third kappa shape index (κ3) is 2.39. The maximum atomic E-state index is 11.0. The van der Waals surface area contributed by atoms with Gasteiger partial charge in [-0.05, 0) is 54.7 Å². The van der Waals surface area contributed by atoms with Crippen LogP contribution in [0.3, 0.4) is 0 Å². The molecule has 0 unspecified atom stereocenters. The molecule has 0 fully saturated rings. The number of aromatic carboxylic acids is 1. The number of benzene rings is 2. The molecule has 0 bridgehead atoms. The van der Waals surface area contributed by atoms with Crippen molar-refractivity contribution in [3.05, 3.63) is 64.7 Å². The Hall–Kier alpha value is -2.29. The van der Waals surface area contributed by atoms with Crippen molar-refractivity contribution in [1.82, 2.24) is 0 Å². The van der Waals surface area contributed by atoms with Crippen molar-refractivity contribution in [3.63, 3.8) is 0 Å². The van der Waals surface area contributed by atoms with Crippen molar-refractivity contribution in [3.8, 4) is 0 Å². The fraction of sp³-hybridized carbons (Fsp3) is 0.235. The predicted molar refractivity (Wildman–Crippen MR) is 79.4 cm³/mol. The summed E-state index contributed by atoms with van der Waals surface area (Å²) in [6.45, 7) is 1.83. The fourth-order valence-corrected chi connectivity index (χ4v) is 2.89. The molecule has 0 radical (unpaired) electrons. The molecule has 0 atom stereocenters. The third-order valence-electron chi connectivity index (χ3n) is 3.88. The molecule has 0 saturated heterocycles. The zero-order valence-electron chi connectivity index (χ0n) is 11.4. The van der Waals surface area contributed by atoms with Crippen molar-refractivity contribution in [2.45, 2.75) is 25.8 Å². The van der Waals surface area contributed by atoms with Crippen LogP contribution in [0.2, 0.25) is 0 Å². The minimum Gasteiger partial charge on any atom is -0.478 e. The highest BCUT2D eigenvalue weighted by Crippen LogP contribution is 2.25. The van der Waals surface area contributed by atoms with E-state index in [4.69, 9.17) is 5.11 Å². The molecule has 2 aromatic carbocycles. The maximum Gasteiger partial charge on any atom is 0.335 e. The average molecular weight is 267 g/mol. The molecule has 3 rings (SSSR count). The minimum atomic E-state index is -0.873. The van der Waals surface area contributed by atoms with E-state index in [0.717, 1.165) is 24.1 Å². The van der Waals surface area contributed by atoms with Crippen molar-refractivity contribution < 1.29 is 9.90 Å².